The van der Waals surface area contributed by atoms with Crippen LogP contribution in [0.1, 0.15) is 18.5 Å². The molecule has 2 rings (SSSR count). The largest absolute Gasteiger partial charge is 0.482 e. The number of carbonyl (C=O) groups is 1. The first kappa shape index (κ1) is 16.6. The fraction of sp³-hybridized carbons (Fsp3) is 0.188. The van der Waals surface area contributed by atoms with E-state index in [-0.39, 0.29) is 29.4 Å². The standard InChI is InChI=1S/C16H14Cl2FNO2/c1-10(11-5-7-12(19)8-6-11)20-15(21)9-22-14-4-2-3-13(17)16(14)18/h2-8,10H,9H2,1H3,(H,20,21). The molecule has 2 aromatic rings. The zero-order chi connectivity index (χ0) is 16.1. The van der Waals surface area contributed by atoms with Gasteiger partial charge in [-0.15, -0.1) is 0 Å². The SMILES string of the molecule is CC(NC(=O)COc1cccc(Cl)c1Cl)c1ccc(F)cc1. The summed E-state index contributed by atoms with van der Waals surface area (Å²) in [5, 5.41) is 3.39. The van der Waals surface area contributed by atoms with Crippen LogP contribution in [0.3, 0.4) is 0 Å². The molecule has 1 N–H and O–H groups in total. The molecular formula is C16H14Cl2FNO2. The topological polar surface area (TPSA) is 38.3 Å². The number of hydrogen-bond donors (Lipinski definition) is 1. The highest BCUT2D eigenvalue weighted by molar-refractivity contribution is 6.42. The van der Waals surface area contributed by atoms with Crippen LogP contribution in [0.15, 0.2) is 42.5 Å². The number of ether oxygens (including phenoxy) is 1. The summed E-state index contributed by atoms with van der Waals surface area (Å²) in [7, 11) is 0. The van der Waals surface area contributed by atoms with Crippen molar-refractivity contribution in [1.82, 2.24) is 5.32 Å². The van der Waals surface area contributed by atoms with Gasteiger partial charge in [-0.05, 0) is 36.8 Å². The number of carbonyl (C=O) groups excluding carboxylic acids is 1. The molecule has 0 radical (unpaired) electrons. The molecule has 1 unspecified atom stereocenters. The van der Waals surface area contributed by atoms with Gasteiger partial charge < -0.3 is 10.1 Å². The molecule has 0 spiro atoms. The molecule has 22 heavy (non-hydrogen) atoms. The van der Waals surface area contributed by atoms with Gasteiger partial charge in [0, 0.05) is 0 Å². The second kappa shape index (κ2) is 7.47. The first-order valence-electron chi connectivity index (χ1n) is 6.59. The van der Waals surface area contributed by atoms with Crippen LogP contribution < -0.4 is 10.1 Å². The number of nitrogens with one attached hydrogen (secondary N) is 1. The maximum Gasteiger partial charge on any atom is 0.258 e. The van der Waals surface area contributed by atoms with Gasteiger partial charge in [0.05, 0.1) is 11.1 Å². The van der Waals surface area contributed by atoms with Gasteiger partial charge in [0.15, 0.2) is 6.61 Å². The Morgan fingerprint density at radius 2 is 1.91 bits per heavy atom. The Kier molecular flexibility index (Phi) is 5.63. The third kappa shape index (κ3) is 4.36. The van der Waals surface area contributed by atoms with Crippen LogP contribution in [-0.2, 0) is 4.79 Å². The molecule has 0 aliphatic rings. The Morgan fingerprint density at radius 1 is 1.23 bits per heavy atom. The van der Waals surface area contributed by atoms with Crippen LogP contribution >= 0.6 is 23.2 Å². The molecular weight excluding hydrogens is 328 g/mol. The van der Waals surface area contributed by atoms with Crippen molar-refractivity contribution in [2.75, 3.05) is 6.61 Å². The molecule has 0 saturated carbocycles. The summed E-state index contributed by atoms with van der Waals surface area (Å²) < 4.78 is 18.2. The van der Waals surface area contributed by atoms with Gasteiger partial charge >= 0.3 is 0 Å². The Hall–Kier alpha value is -1.78. The summed E-state index contributed by atoms with van der Waals surface area (Å²) in [5.41, 5.74) is 0.801. The molecule has 0 bridgehead atoms. The molecule has 0 aromatic heterocycles. The van der Waals surface area contributed by atoms with E-state index >= 15 is 0 Å². The van der Waals surface area contributed by atoms with Crippen molar-refractivity contribution in [3.05, 3.63) is 63.9 Å². The molecule has 2 aromatic carbocycles. The van der Waals surface area contributed by atoms with Crippen LogP contribution in [0.5, 0.6) is 5.75 Å². The Labute approximate surface area is 138 Å². The number of rotatable bonds is 5. The quantitative estimate of drug-likeness (QED) is 0.875. The lowest BCUT2D eigenvalue weighted by Crippen LogP contribution is -2.31. The Bertz CT molecular complexity index is 662. The van der Waals surface area contributed by atoms with Crippen LogP contribution in [0.25, 0.3) is 0 Å². The summed E-state index contributed by atoms with van der Waals surface area (Å²) in [4.78, 5) is 11.9. The number of amides is 1. The van der Waals surface area contributed by atoms with Crippen molar-refractivity contribution >= 4 is 29.1 Å². The second-order valence-corrected chi connectivity index (χ2v) is 5.47. The molecule has 0 aliphatic carbocycles. The molecule has 1 amide bonds. The average Bonchev–Trinajstić information content (AvgIpc) is 2.49. The van der Waals surface area contributed by atoms with Crippen molar-refractivity contribution < 1.29 is 13.9 Å². The number of hydrogen-bond acceptors (Lipinski definition) is 2. The van der Waals surface area contributed by atoms with Gasteiger partial charge in [0.1, 0.15) is 16.6 Å². The molecule has 116 valence electrons. The maximum absolute atomic E-state index is 12.9. The van der Waals surface area contributed by atoms with E-state index < -0.39 is 0 Å². The average molecular weight is 342 g/mol. The fourth-order valence-electron chi connectivity index (χ4n) is 1.86. The summed E-state index contributed by atoms with van der Waals surface area (Å²) >= 11 is 11.8. The molecule has 6 heteroatoms. The molecule has 3 nitrogen and oxygen atoms in total. The molecule has 1 atom stereocenters. The summed E-state index contributed by atoms with van der Waals surface area (Å²) in [6.45, 7) is 1.61. The van der Waals surface area contributed by atoms with E-state index in [1.165, 1.54) is 12.1 Å². The minimum atomic E-state index is -0.318. The lowest BCUT2D eigenvalue weighted by molar-refractivity contribution is -0.123. The Balaban J connectivity index is 1.90. The van der Waals surface area contributed by atoms with Crippen molar-refractivity contribution in [3.8, 4) is 5.75 Å². The van der Waals surface area contributed by atoms with E-state index in [0.29, 0.717) is 10.8 Å². The number of benzene rings is 2. The first-order chi connectivity index (χ1) is 10.5. The summed E-state index contributed by atoms with van der Waals surface area (Å²) in [6, 6.07) is 10.6. The van der Waals surface area contributed by atoms with E-state index in [2.05, 4.69) is 5.32 Å². The predicted octanol–water partition coefficient (Wildman–Crippen LogP) is 4.39. The van der Waals surface area contributed by atoms with Gasteiger partial charge in [-0.2, -0.15) is 0 Å². The van der Waals surface area contributed by atoms with E-state index in [1.54, 1.807) is 37.3 Å². The Morgan fingerprint density at radius 3 is 2.59 bits per heavy atom. The molecule has 0 heterocycles. The molecule has 0 fully saturated rings. The van der Waals surface area contributed by atoms with Crippen LogP contribution in [0, 0.1) is 5.82 Å². The van der Waals surface area contributed by atoms with Crippen molar-refractivity contribution in [3.63, 3.8) is 0 Å². The summed E-state index contributed by atoms with van der Waals surface area (Å²) in [5.74, 6) is -0.284. The van der Waals surface area contributed by atoms with Crippen LogP contribution in [0.4, 0.5) is 4.39 Å². The smallest absolute Gasteiger partial charge is 0.258 e. The first-order valence-corrected chi connectivity index (χ1v) is 7.34. The molecule has 0 saturated heterocycles. The van der Waals surface area contributed by atoms with E-state index in [0.717, 1.165) is 5.56 Å². The minimum absolute atomic E-state index is 0.189. The lowest BCUT2D eigenvalue weighted by Gasteiger charge is -2.15. The summed E-state index contributed by atoms with van der Waals surface area (Å²) in [6.07, 6.45) is 0. The lowest BCUT2D eigenvalue weighted by atomic mass is 10.1. The zero-order valence-corrected chi connectivity index (χ0v) is 13.3. The van der Waals surface area contributed by atoms with Gasteiger partial charge in [0.2, 0.25) is 0 Å². The van der Waals surface area contributed by atoms with E-state index in [1.807, 2.05) is 0 Å². The molecule has 0 aliphatic heterocycles. The van der Waals surface area contributed by atoms with Crippen molar-refractivity contribution in [1.29, 1.82) is 0 Å². The van der Waals surface area contributed by atoms with Gasteiger partial charge in [-0.25, -0.2) is 4.39 Å². The van der Waals surface area contributed by atoms with Crippen LogP contribution in [0.2, 0.25) is 10.0 Å². The normalized spacial score (nSPS) is 11.8. The number of halogens is 3. The minimum Gasteiger partial charge on any atom is -0.482 e. The van der Waals surface area contributed by atoms with Gasteiger partial charge in [-0.1, -0.05) is 41.4 Å². The predicted molar refractivity (Wildman–Crippen MR) is 84.9 cm³/mol. The van der Waals surface area contributed by atoms with Crippen molar-refractivity contribution in [2.45, 2.75) is 13.0 Å². The van der Waals surface area contributed by atoms with Gasteiger partial charge in [-0.3, -0.25) is 4.79 Å². The maximum atomic E-state index is 12.9. The third-order valence-electron chi connectivity index (χ3n) is 3.02. The highest BCUT2D eigenvalue weighted by Gasteiger charge is 2.12. The third-order valence-corrected chi connectivity index (χ3v) is 3.82. The van der Waals surface area contributed by atoms with E-state index in [9.17, 15) is 9.18 Å². The zero-order valence-electron chi connectivity index (χ0n) is 11.8. The van der Waals surface area contributed by atoms with Crippen molar-refractivity contribution in [2.24, 2.45) is 0 Å². The van der Waals surface area contributed by atoms with Crippen LogP contribution in [-0.4, -0.2) is 12.5 Å². The highest BCUT2D eigenvalue weighted by atomic mass is 35.5. The van der Waals surface area contributed by atoms with Gasteiger partial charge in [0.25, 0.3) is 5.91 Å². The highest BCUT2D eigenvalue weighted by Crippen LogP contribution is 2.31. The second-order valence-electron chi connectivity index (χ2n) is 4.68. The monoisotopic (exact) mass is 341 g/mol. The fourth-order valence-corrected chi connectivity index (χ4v) is 2.20. The van der Waals surface area contributed by atoms with E-state index in [4.69, 9.17) is 27.9 Å².